The lowest BCUT2D eigenvalue weighted by Gasteiger charge is -2.21. The molecule has 3 aromatic heterocycles. The summed E-state index contributed by atoms with van der Waals surface area (Å²) in [5.74, 6) is -0.00837. The van der Waals surface area contributed by atoms with Crippen molar-refractivity contribution in [2.75, 3.05) is 13.1 Å². The number of fused-ring (bicyclic) bond motifs is 1. The van der Waals surface area contributed by atoms with Gasteiger partial charge in [-0.15, -0.1) is 0 Å². The Morgan fingerprint density at radius 3 is 2.93 bits per heavy atom. The van der Waals surface area contributed by atoms with Crippen molar-refractivity contribution in [3.63, 3.8) is 0 Å². The Bertz CT molecular complexity index is 1140. The van der Waals surface area contributed by atoms with Crippen molar-refractivity contribution in [1.82, 2.24) is 24.6 Å². The SMILES string of the molecule is Cc1nn(C[C@H](C)C(=O)N2CC[C@@H](c3cc4ncccc4c(=O)[nH]3)C2)c(C)c1Cl. The molecule has 1 aliphatic rings. The van der Waals surface area contributed by atoms with Gasteiger partial charge < -0.3 is 9.88 Å². The fraction of sp³-hybridized carbons (Fsp3) is 0.429. The van der Waals surface area contributed by atoms with E-state index in [9.17, 15) is 9.59 Å². The van der Waals surface area contributed by atoms with E-state index in [0.29, 0.717) is 35.6 Å². The zero-order chi connectivity index (χ0) is 20.7. The van der Waals surface area contributed by atoms with Gasteiger partial charge in [0.25, 0.3) is 5.56 Å². The van der Waals surface area contributed by atoms with E-state index in [-0.39, 0.29) is 23.3 Å². The van der Waals surface area contributed by atoms with Crippen LogP contribution in [0.5, 0.6) is 0 Å². The highest BCUT2D eigenvalue weighted by atomic mass is 35.5. The first kappa shape index (κ1) is 19.6. The lowest BCUT2D eigenvalue weighted by Crippen LogP contribution is -2.35. The molecule has 4 rings (SSSR count). The standard InChI is InChI=1S/C21H24ClN5O2/c1-12(10-27-14(3)19(22)13(2)25-27)21(29)26-8-6-15(11-26)17-9-18-16(20(28)24-17)5-4-7-23-18/h4-5,7,9,12,15H,6,8,10-11H2,1-3H3,(H,24,28)/t12-,15+/m0/s1. The number of pyridine rings is 2. The lowest BCUT2D eigenvalue weighted by atomic mass is 10.0. The van der Waals surface area contributed by atoms with Crippen molar-refractivity contribution in [1.29, 1.82) is 0 Å². The van der Waals surface area contributed by atoms with E-state index in [4.69, 9.17) is 11.6 Å². The number of likely N-dealkylation sites (tertiary alicyclic amines) is 1. The van der Waals surface area contributed by atoms with Gasteiger partial charge in [0, 0.05) is 30.9 Å². The number of nitrogens with zero attached hydrogens (tertiary/aromatic N) is 4. The number of hydrogen-bond donors (Lipinski definition) is 1. The summed E-state index contributed by atoms with van der Waals surface area (Å²) >= 11 is 6.22. The van der Waals surface area contributed by atoms with Gasteiger partial charge >= 0.3 is 0 Å². The molecule has 29 heavy (non-hydrogen) atoms. The van der Waals surface area contributed by atoms with E-state index in [1.807, 2.05) is 31.7 Å². The van der Waals surface area contributed by atoms with Crippen molar-refractivity contribution in [2.24, 2.45) is 5.92 Å². The van der Waals surface area contributed by atoms with Crippen molar-refractivity contribution < 1.29 is 4.79 Å². The Kier molecular flexibility index (Phi) is 5.17. The molecule has 0 bridgehead atoms. The second-order valence-electron chi connectivity index (χ2n) is 7.83. The molecule has 0 spiro atoms. The summed E-state index contributed by atoms with van der Waals surface area (Å²) < 4.78 is 1.81. The Morgan fingerprint density at radius 2 is 2.21 bits per heavy atom. The zero-order valence-electron chi connectivity index (χ0n) is 16.8. The van der Waals surface area contributed by atoms with Gasteiger partial charge in [0.2, 0.25) is 5.91 Å². The maximum atomic E-state index is 13.0. The first-order valence-electron chi connectivity index (χ1n) is 9.81. The van der Waals surface area contributed by atoms with E-state index in [1.54, 1.807) is 23.0 Å². The van der Waals surface area contributed by atoms with E-state index >= 15 is 0 Å². The van der Waals surface area contributed by atoms with Gasteiger partial charge in [-0.1, -0.05) is 18.5 Å². The number of amides is 1. The predicted molar refractivity (Wildman–Crippen MR) is 112 cm³/mol. The summed E-state index contributed by atoms with van der Waals surface area (Å²) in [5, 5.41) is 5.66. The van der Waals surface area contributed by atoms with Crippen LogP contribution in [0, 0.1) is 19.8 Å². The average molecular weight is 414 g/mol. The van der Waals surface area contributed by atoms with Gasteiger partial charge in [0.1, 0.15) is 0 Å². The van der Waals surface area contributed by atoms with Gasteiger partial charge in [0.15, 0.2) is 0 Å². The Labute approximate surface area is 173 Å². The number of hydrogen-bond acceptors (Lipinski definition) is 4. The first-order chi connectivity index (χ1) is 13.8. The molecule has 4 heterocycles. The number of H-pyrrole nitrogens is 1. The Hall–Kier alpha value is -2.67. The predicted octanol–water partition coefficient (Wildman–Crippen LogP) is 3.04. The summed E-state index contributed by atoms with van der Waals surface area (Å²) in [4.78, 5) is 34.5. The molecule has 2 atom stereocenters. The number of aromatic amines is 1. The number of aromatic nitrogens is 4. The second-order valence-corrected chi connectivity index (χ2v) is 8.21. The van der Waals surface area contributed by atoms with Gasteiger partial charge in [-0.05, 0) is 38.5 Å². The molecule has 0 radical (unpaired) electrons. The third-order valence-electron chi connectivity index (χ3n) is 5.73. The van der Waals surface area contributed by atoms with E-state index < -0.39 is 0 Å². The molecule has 1 fully saturated rings. The molecule has 0 aliphatic carbocycles. The molecule has 0 saturated carbocycles. The van der Waals surface area contributed by atoms with E-state index in [2.05, 4.69) is 15.1 Å². The fourth-order valence-corrected chi connectivity index (χ4v) is 4.18. The van der Waals surface area contributed by atoms with Crippen LogP contribution in [-0.4, -0.2) is 43.6 Å². The quantitative estimate of drug-likeness (QED) is 0.712. The summed E-state index contributed by atoms with van der Waals surface area (Å²) in [6, 6.07) is 5.45. The molecule has 1 amide bonds. The molecule has 1 aliphatic heterocycles. The molecule has 8 heteroatoms. The van der Waals surface area contributed by atoms with Crippen LogP contribution in [0.3, 0.4) is 0 Å². The minimum atomic E-state index is -0.208. The molecule has 1 saturated heterocycles. The van der Waals surface area contributed by atoms with Gasteiger partial charge in [-0.25, -0.2) is 0 Å². The highest BCUT2D eigenvalue weighted by Crippen LogP contribution is 2.28. The highest BCUT2D eigenvalue weighted by Gasteiger charge is 2.31. The molecule has 7 nitrogen and oxygen atoms in total. The maximum Gasteiger partial charge on any atom is 0.257 e. The number of halogens is 1. The van der Waals surface area contributed by atoms with Crippen LogP contribution in [-0.2, 0) is 11.3 Å². The average Bonchev–Trinajstić information content (AvgIpc) is 3.29. The van der Waals surface area contributed by atoms with Crippen molar-refractivity contribution in [3.05, 3.63) is 56.9 Å². The molecular formula is C21H24ClN5O2. The molecule has 3 aromatic rings. The smallest absolute Gasteiger partial charge is 0.257 e. The third-order valence-corrected chi connectivity index (χ3v) is 6.28. The van der Waals surface area contributed by atoms with Crippen LogP contribution in [0.2, 0.25) is 5.02 Å². The first-order valence-corrected chi connectivity index (χ1v) is 10.2. The monoisotopic (exact) mass is 413 g/mol. The summed E-state index contributed by atoms with van der Waals surface area (Å²) in [6.07, 6.45) is 2.50. The zero-order valence-corrected chi connectivity index (χ0v) is 17.5. The summed E-state index contributed by atoms with van der Waals surface area (Å²) in [6.45, 7) is 7.46. The molecule has 1 N–H and O–H groups in total. The van der Waals surface area contributed by atoms with E-state index in [1.165, 1.54) is 0 Å². The van der Waals surface area contributed by atoms with E-state index in [0.717, 1.165) is 23.5 Å². The van der Waals surface area contributed by atoms with Crippen LogP contribution in [0.1, 0.15) is 36.3 Å². The summed E-state index contributed by atoms with van der Waals surface area (Å²) in [7, 11) is 0. The van der Waals surface area contributed by atoms with Crippen LogP contribution >= 0.6 is 11.6 Å². The maximum absolute atomic E-state index is 13.0. The van der Waals surface area contributed by atoms with Gasteiger partial charge in [-0.2, -0.15) is 5.10 Å². The van der Waals surface area contributed by atoms with Gasteiger partial charge in [-0.3, -0.25) is 19.3 Å². The summed E-state index contributed by atoms with van der Waals surface area (Å²) in [5.41, 5.74) is 3.05. The van der Waals surface area contributed by atoms with Crippen LogP contribution in [0.15, 0.2) is 29.2 Å². The number of rotatable bonds is 4. The van der Waals surface area contributed by atoms with Crippen molar-refractivity contribution in [2.45, 2.75) is 39.7 Å². The minimum Gasteiger partial charge on any atom is -0.342 e. The lowest BCUT2D eigenvalue weighted by molar-refractivity contribution is -0.134. The molecule has 0 aromatic carbocycles. The second kappa shape index (κ2) is 7.63. The molecule has 0 unspecified atom stereocenters. The van der Waals surface area contributed by atoms with Gasteiger partial charge in [0.05, 0.1) is 39.8 Å². The third kappa shape index (κ3) is 3.67. The van der Waals surface area contributed by atoms with Crippen LogP contribution in [0.25, 0.3) is 10.9 Å². The molecular weight excluding hydrogens is 390 g/mol. The molecule has 152 valence electrons. The van der Waals surface area contributed by atoms with Crippen molar-refractivity contribution >= 4 is 28.4 Å². The fourth-order valence-electron chi connectivity index (χ4n) is 4.04. The number of carbonyl (C=O) groups excluding carboxylic acids is 1. The normalized spacial score (nSPS) is 17.8. The Morgan fingerprint density at radius 1 is 1.41 bits per heavy atom. The van der Waals surface area contributed by atoms with Crippen LogP contribution < -0.4 is 5.56 Å². The minimum absolute atomic E-state index is 0.0948. The highest BCUT2D eigenvalue weighted by molar-refractivity contribution is 6.31. The number of nitrogens with one attached hydrogen (secondary N) is 1. The van der Waals surface area contributed by atoms with Crippen LogP contribution in [0.4, 0.5) is 0 Å². The Balaban J connectivity index is 1.47. The topological polar surface area (TPSA) is 83.9 Å². The number of aryl methyl sites for hydroxylation is 1. The number of carbonyl (C=O) groups is 1. The largest absolute Gasteiger partial charge is 0.342 e. The van der Waals surface area contributed by atoms with Crippen molar-refractivity contribution in [3.8, 4) is 0 Å².